The van der Waals surface area contributed by atoms with Crippen molar-refractivity contribution in [2.45, 2.75) is 75.4 Å². The maximum absolute atomic E-state index is 12.0. The maximum Gasteiger partial charge on any atom is 0.494 e. The molecule has 148 valence electrons. The summed E-state index contributed by atoms with van der Waals surface area (Å²) in [6.45, 7) is 15.3. The van der Waals surface area contributed by atoms with E-state index >= 15 is 0 Å². The number of ether oxygens (including phenoxy) is 1. The first-order valence-corrected chi connectivity index (χ1v) is 10.3. The van der Waals surface area contributed by atoms with E-state index in [0.717, 1.165) is 18.6 Å². The van der Waals surface area contributed by atoms with E-state index in [0.29, 0.717) is 5.25 Å². The highest BCUT2D eigenvalue weighted by atomic mass is 32.2. The van der Waals surface area contributed by atoms with Gasteiger partial charge in [0.05, 0.1) is 11.2 Å². The lowest BCUT2D eigenvalue weighted by Gasteiger charge is -2.39. The third kappa shape index (κ3) is 4.63. The molecule has 2 saturated heterocycles. The summed E-state index contributed by atoms with van der Waals surface area (Å²) in [4.78, 5) is 14.9. The SMILES string of the molecule is CC(C)(C)OC(=O)N1CC(Sc2ccc(B3OC(C)(C)C(C)(C)O3)cc2)C1. The van der Waals surface area contributed by atoms with Crippen LogP contribution in [-0.4, -0.2) is 53.3 Å². The number of thioether (sulfide) groups is 1. The standard InChI is InChI=1S/C20H30BNO4S/c1-18(2,3)24-17(23)22-12-16(13-22)27-15-10-8-14(9-11-15)21-25-19(4,5)20(6,7)26-21/h8-11,16H,12-13H2,1-7H3. The van der Waals surface area contributed by atoms with Crippen molar-refractivity contribution < 1.29 is 18.8 Å². The topological polar surface area (TPSA) is 48.0 Å². The molecule has 1 aromatic rings. The molecule has 0 unspecified atom stereocenters. The number of rotatable bonds is 3. The predicted molar refractivity (Wildman–Crippen MR) is 110 cm³/mol. The number of hydrogen-bond acceptors (Lipinski definition) is 5. The molecule has 7 heteroatoms. The van der Waals surface area contributed by atoms with E-state index in [1.54, 1.807) is 16.7 Å². The lowest BCUT2D eigenvalue weighted by molar-refractivity contribution is 0.00578. The van der Waals surface area contributed by atoms with Crippen LogP contribution in [0.25, 0.3) is 0 Å². The van der Waals surface area contributed by atoms with Gasteiger partial charge in [0.15, 0.2) is 0 Å². The smallest absolute Gasteiger partial charge is 0.444 e. The predicted octanol–water partition coefficient (Wildman–Crippen LogP) is 3.70. The first-order chi connectivity index (χ1) is 12.4. The zero-order valence-corrected chi connectivity index (χ0v) is 18.2. The van der Waals surface area contributed by atoms with Gasteiger partial charge in [-0.1, -0.05) is 12.1 Å². The van der Waals surface area contributed by atoms with Crippen molar-refractivity contribution in [1.29, 1.82) is 0 Å². The van der Waals surface area contributed by atoms with E-state index in [1.165, 1.54) is 4.90 Å². The first-order valence-electron chi connectivity index (χ1n) is 9.46. The Hall–Kier alpha value is -1.18. The Balaban J connectivity index is 1.51. The molecule has 2 aliphatic rings. The van der Waals surface area contributed by atoms with Gasteiger partial charge < -0.3 is 18.9 Å². The van der Waals surface area contributed by atoms with Gasteiger partial charge in [0.1, 0.15) is 5.60 Å². The Kier molecular flexibility index (Phi) is 5.34. The molecule has 0 saturated carbocycles. The Morgan fingerprint density at radius 3 is 2.11 bits per heavy atom. The minimum absolute atomic E-state index is 0.226. The molecule has 5 nitrogen and oxygen atoms in total. The highest BCUT2D eigenvalue weighted by Gasteiger charge is 2.51. The van der Waals surface area contributed by atoms with Crippen LogP contribution in [0.4, 0.5) is 4.79 Å². The molecule has 0 bridgehead atoms. The molecule has 0 aliphatic carbocycles. The fourth-order valence-corrected chi connectivity index (χ4v) is 4.05. The highest BCUT2D eigenvalue weighted by Crippen LogP contribution is 2.37. The van der Waals surface area contributed by atoms with Crippen LogP contribution in [0.5, 0.6) is 0 Å². The molecule has 0 radical (unpaired) electrons. The van der Waals surface area contributed by atoms with Crippen molar-refractivity contribution in [2.24, 2.45) is 0 Å². The largest absolute Gasteiger partial charge is 0.494 e. The molecule has 2 aliphatic heterocycles. The van der Waals surface area contributed by atoms with Crippen molar-refractivity contribution in [1.82, 2.24) is 4.90 Å². The van der Waals surface area contributed by atoms with Gasteiger partial charge in [-0.3, -0.25) is 0 Å². The summed E-state index contributed by atoms with van der Waals surface area (Å²) in [5.74, 6) is 0. The molecule has 3 rings (SSSR count). The Labute approximate surface area is 167 Å². The number of nitrogens with zero attached hydrogens (tertiary/aromatic N) is 1. The number of benzene rings is 1. The molecule has 0 aromatic heterocycles. The van der Waals surface area contributed by atoms with Crippen molar-refractivity contribution >= 4 is 30.4 Å². The van der Waals surface area contributed by atoms with E-state index in [4.69, 9.17) is 14.0 Å². The zero-order valence-electron chi connectivity index (χ0n) is 17.4. The molecular formula is C20H30BNO4S. The Morgan fingerprint density at radius 2 is 1.63 bits per heavy atom. The van der Waals surface area contributed by atoms with Gasteiger partial charge in [0.25, 0.3) is 0 Å². The van der Waals surface area contributed by atoms with E-state index < -0.39 is 5.60 Å². The normalized spacial score (nSPS) is 21.9. The van der Waals surface area contributed by atoms with Gasteiger partial charge in [-0.25, -0.2) is 4.79 Å². The monoisotopic (exact) mass is 391 g/mol. The third-order valence-corrected chi connectivity index (χ3v) is 6.38. The molecule has 0 N–H and O–H groups in total. The van der Waals surface area contributed by atoms with Crippen LogP contribution in [0.3, 0.4) is 0 Å². The lowest BCUT2D eigenvalue weighted by atomic mass is 9.79. The number of amides is 1. The molecular weight excluding hydrogens is 361 g/mol. The lowest BCUT2D eigenvalue weighted by Crippen LogP contribution is -2.53. The summed E-state index contributed by atoms with van der Waals surface area (Å²) in [6.07, 6.45) is -0.226. The van der Waals surface area contributed by atoms with Gasteiger partial charge in [0.2, 0.25) is 0 Å². The molecule has 2 fully saturated rings. The minimum atomic E-state index is -0.446. The molecule has 27 heavy (non-hydrogen) atoms. The van der Waals surface area contributed by atoms with E-state index in [2.05, 4.69) is 52.0 Å². The maximum atomic E-state index is 12.0. The van der Waals surface area contributed by atoms with Gasteiger partial charge in [-0.15, -0.1) is 11.8 Å². The Bertz CT molecular complexity index is 677. The third-order valence-electron chi connectivity index (χ3n) is 5.21. The second kappa shape index (κ2) is 7.01. The van der Waals surface area contributed by atoms with Gasteiger partial charge in [-0.05, 0) is 66.1 Å². The summed E-state index contributed by atoms with van der Waals surface area (Å²) in [7, 11) is -0.333. The average Bonchev–Trinajstić information content (AvgIpc) is 2.69. The quantitative estimate of drug-likeness (QED) is 0.736. The molecule has 1 amide bonds. The summed E-state index contributed by atoms with van der Waals surface area (Å²) in [6, 6.07) is 8.33. The fraction of sp³-hybridized carbons (Fsp3) is 0.650. The van der Waals surface area contributed by atoms with Crippen molar-refractivity contribution in [2.75, 3.05) is 13.1 Å². The van der Waals surface area contributed by atoms with Crippen molar-refractivity contribution in [3.05, 3.63) is 24.3 Å². The van der Waals surface area contributed by atoms with Crippen molar-refractivity contribution in [3.8, 4) is 0 Å². The number of hydrogen-bond donors (Lipinski definition) is 0. The average molecular weight is 391 g/mol. The van der Waals surface area contributed by atoms with Crippen LogP contribution < -0.4 is 5.46 Å². The molecule has 2 heterocycles. The molecule has 1 aromatic carbocycles. The number of carbonyl (C=O) groups is 1. The van der Waals surface area contributed by atoms with Crippen LogP contribution in [0, 0.1) is 0 Å². The van der Waals surface area contributed by atoms with Gasteiger partial charge in [0, 0.05) is 23.2 Å². The van der Waals surface area contributed by atoms with Gasteiger partial charge in [-0.2, -0.15) is 0 Å². The number of carbonyl (C=O) groups excluding carboxylic acids is 1. The fourth-order valence-electron chi connectivity index (χ4n) is 2.86. The van der Waals surface area contributed by atoms with E-state index in [9.17, 15) is 4.79 Å². The zero-order chi connectivity index (χ0) is 20.0. The van der Waals surface area contributed by atoms with Gasteiger partial charge >= 0.3 is 13.2 Å². The van der Waals surface area contributed by atoms with Crippen LogP contribution >= 0.6 is 11.8 Å². The second-order valence-electron chi connectivity index (χ2n) is 9.28. The van der Waals surface area contributed by atoms with Crippen LogP contribution in [0.2, 0.25) is 0 Å². The highest BCUT2D eigenvalue weighted by molar-refractivity contribution is 8.00. The minimum Gasteiger partial charge on any atom is -0.444 e. The summed E-state index contributed by atoms with van der Waals surface area (Å²) in [5.41, 5.74) is -0.0786. The van der Waals surface area contributed by atoms with Crippen LogP contribution in [0.1, 0.15) is 48.5 Å². The van der Waals surface area contributed by atoms with Crippen LogP contribution in [0.15, 0.2) is 29.2 Å². The Morgan fingerprint density at radius 1 is 1.11 bits per heavy atom. The van der Waals surface area contributed by atoms with Crippen molar-refractivity contribution in [3.63, 3.8) is 0 Å². The second-order valence-corrected chi connectivity index (χ2v) is 10.7. The van der Waals surface area contributed by atoms with E-state index in [-0.39, 0.29) is 24.4 Å². The summed E-state index contributed by atoms with van der Waals surface area (Å²) in [5, 5.41) is 0.403. The summed E-state index contributed by atoms with van der Waals surface area (Å²) >= 11 is 1.79. The molecule has 0 atom stereocenters. The summed E-state index contributed by atoms with van der Waals surface area (Å²) < 4.78 is 17.6. The van der Waals surface area contributed by atoms with E-state index in [1.807, 2.05) is 20.8 Å². The first kappa shape index (κ1) is 20.6. The van der Waals surface area contributed by atoms with Crippen LogP contribution in [-0.2, 0) is 14.0 Å². The number of likely N-dealkylation sites (tertiary alicyclic amines) is 1. The molecule has 0 spiro atoms.